The molecule has 0 fully saturated rings. The highest BCUT2D eigenvalue weighted by atomic mass is 35.5. The SMILES string of the molecule is CC(C)(C)OC(=O)NC(Cc1ncc(Cl)s1)C(=O)O. The molecule has 0 bridgehead atoms. The molecule has 1 amide bonds. The van der Waals surface area contributed by atoms with E-state index in [1.807, 2.05) is 0 Å². The first-order valence-electron chi connectivity index (χ1n) is 5.50. The summed E-state index contributed by atoms with van der Waals surface area (Å²) in [6.45, 7) is 5.09. The molecule has 1 heterocycles. The van der Waals surface area contributed by atoms with Crippen LogP contribution >= 0.6 is 22.9 Å². The number of nitrogens with zero attached hydrogens (tertiary/aromatic N) is 1. The number of rotatable bonds is 4. The van der Waals surface area contributed by atoms with E-state index in [0.717, 1.165) is 0 Å². The predicted molar refractivity (Wildman–Crippen MR) is 71.6 cm³/mol. The van der Waals surface area contributed by atoms with Crippen LogP contribution in [0.15, 0.2) is 6.20 Å². The molecule has 6 nitrogen and oxygen atoms in total. The fraction of sp³-hybridized carbons (Fsp3) is 0.545. The molecule has 1 aromatic rings. The number of amides is 1. The van der Waals surface area contributed by atoms with Gasteiger partial charge in [-0.15, -0.1) is 11.3 Å². The third-order valence-electron chi connectivity index (χ3n) is 1.89. The number of aliphatic carboxylic acids is 1. The molecule has 19 heavy (non-hydrogen) atoms. The second-order valence-electron chi connectivity index (χ2n) is 4.80. The minimum Gasteiger partial charge on any atom is -0.480 e. The lowest BCUT2D eigenvalue weighted by molar-refractivity contribution is -0.139. The molecule has 8 heteroatoms. The van der Waals surface area contributed by atoms with Gasteiger partial charge < -0.3 is 15.2 Å². The van der Waals surface area contributed by atoms with Crippen LogP contribution in [0.2, 0.25) is 4.34 Å². The molecule has 106 valence electrons. The lowest BCUT2D eigenvalue weighted by Gasteiger charge is -2.21. The summed E-state index contributed by atoms with van der Waals surface area (Å²) in [6.07, 6.45) is 0.724. The second-order valence-corrected chi connectivity index (χ2v) is 6.55. The Labute approximate surface area is 119 Å². The van der Waals surface area contributed by atoms with E-state index < -0.39 is 23.7 Å². The third-order valence-corrected chi connectivity index (χ3v) is 3.03. The van der Waals surface area contributed by atoms with Crippen LogP contribution in [-0.2, 0) is 16.0 Å². The third kappa shape index (κ3) is 5.89. The summed E-state index contributed by atoms with van der Waals surface area (Å²) in [5.74, 6) is -1.16. The van der Waals surface area contributed by atoms with Crippen molar-refractivity contribution in [3.05, 3.63) is 15.5 Å². The maximum Gasteiger partial charge on any atom is 0.408 e. The van der Waals surface area contributed by atoms with E-state index in [1.165, 1.54) is 17.5 Å². The largest absolute Gasteiger partial charge is 0.480 e. The van der Waals surface area contributed by atoms with Gasteiger partial charge in [0.25, 0.3) is 0 Å². The van der Waals surface area contributed by atoms with E-state index >= 15 is 0 Å². The van der Waals surface area contributed by atoms with Crippen LogP contribution in [0.4, 0.5) is 4.79 Å². The smallest absolute Gasteiger partial charge is 0.408 e. The average molecular weight is 307 g/mol. The molecule has 0 aliphatic heterocycles. The van der Waals surface area contributed by atoms with Crippen molar-refractivity contribution in [1.29, 1.82) is 0 Å². The Morgan fingerprint density at radius 2 is 2.21 bits per heavy atom. The maximum atomic E-state index is 11.5. The molecular formula is C11H15ClN2O4S. The number of carboxylic acids is 1. The van der Waals surface area contributed by atoms with Gasteiger partial charge >= 0.3 is 12.1 Å². The van der Waals surface area contributed by atoms with Gasteiger partial charge in [-0.2, -0.15) is 0 Å². The molecule has 1 aromatic heterocycles. The van der Waals surface area contributed by atoms with Crippen molar-refractivity contribution in [3.63, 3.8) is 0 Å². The van der Waals surface area contributed by atoms with Crippen molar-refractivity contribution in [2.45, 2.75) is 38.8 Å². The number of nitrogens with one attached hydrogen (secondary N) is 1. The molecule has 0 aliphatic carbocycles. The Morgan fingerprint density at radius 1 is 1.58 bits per heavy atom. The van der Waals surface area contributed by atoms with E-state index in [0.29, 0.717) is 9.34 Å². The highest BCUT2D eigenvalue weighted by Gasteiger charge is 2.25. The number of carboxylic acid groups (broad SMARTS) is 1. The van der Waals surface area contributed by atoms with Crippen molar-refractivity contribution in [2.24, 2.45) is 0 Å². The van der Waals surface area contributed by atoms with E-state index in [4.69, 9.17) is 21.4 Å². The van der Waals surface area contributed by atoms with Crippen molar-refractivity contribution >= 4 is 35.0 Å². The summed E-state index contributed by atoms with van der Waals surface area (Å²) in [5.41, 5.74) is -0.683. The Hall–Kier alpha value is -1.34. The average Bonchev–Trinajstić information content (AvgIpc) is 2.60. The van der Waals surface area contributed by atoms with Gasteiger partial charge in [0.05, 0.1) is 11.2 Å². The predicted octanol–water partition coefficient (Wildman–Crippen LogP) is 2.32. The van der Waals surface area contributed by atoms with Crippen LogP contribution in [0.5, 0.6) is 0 Å². The summed E-state index contributed by atoms with van der Waals surface area (Å²) < 4.78 is 5.47. The molecule has 0 radical (unpaired) electrons. The van der Waals surface area contributed by atoms with Crippen LogP contribution in [0.3, 0.4) is 0 Å². The maximum absolute atomic E-state index is 11.5. The van der Waals surface area contributed by atoms with Gasteiger partial charge in [0.15, 0.2) is 0 Å². The zero-order valence-corrected chi connectivity index (χ0v) is 12.3. The van der Waals surface area contributed by atoms with E-state index in [-0.39, 0.29) is 6.42 Å². The highest BCUT2D eigenvalue weighted by Crippen LogP contribution is 2.19. The summed E-state index contributed by atoms with van der Waals surface area (Å²) in [5, 5.41) is 11.9. The first-order valence-corrected chi connectivity index (χ1v) is 6.69. The molecule has 0 spiro atoms. The summed E-state index contributed by atoms with van der Waals surface area (Å²) in [4.78, 5) is 26.6. The number of carbonyl (C=O) groups is 2. The van der Waals surface area contributed by atoms with Crippen molar-refractivity contribution < 1.29 is 19.4 Å². The Morgan fingerprint density at radius 3 is 2.63 bits per heavy atom. The number of aromatic nitrogens is 1. The number of hydrogen-bond acceptors (Lipinski definition) is 5. The molecule has 1 atom stereocenters. The van der Waals surface area contributed by atoms with E-state index in [1.54, 1.807) is 20.8 Å². The zero-order valence-electron chi connectivity index (χ0n) is 10.8. The summed E-state index contributed by atoms with van der Waals surface area (Å²) in [7, 11) is 0. The first kappa shape index (κ1) is 15.7. The number of alkyl carbamates (subject to hydrolysis) is 1. The molecule has 1 unspecified atom stereocenters. The van der Waals surface area contributed by atoms with Gasteiger partial charge in [-0.25, -0.2) is 14.6 Å². The van der Waals surface area contributed by atoms with Crippen molar-refractivity contribution in [2.75, 3.05) is 0 Å². The fourth-order valence-electron chi connectivity index (χ4n) is 1.21. The first-order chi connectivity index (χ1) is 8.67. The molecule has 0 saturated carbocycles. The summed E-state index contributed by atoms with van der Waals surface area (Å²) >= 11 is 6.89. The number of halogens is 1. The minimum absolute atomic E-state index is 0.0615. The van der Waals surface area contributed by atoms with E-state index in [9.17, 15) is 9.59 Å². The molecule has 1 rings (SSSR count). The number of ether oxygens (including phenoxy) is 1. The quantitative estimate of drug-likeness (QED) is 0.891. The highest BCUT2D eigenvalue weighted by molar-refractivity contribution is 7.15. The van der Waals surface area contributed by atoms with Crippen LogP contribution in [-0.4, -0.2) is 33.8 Å². The second kappa shape index (κ2) is 6.21. The summed E-state index contributed by atoms with van der Waals surface area (Å²) in [6, 6.07) is -1.10. The topological polar surface area (TPSA) is 88.5 Å². The lowest BCUT2D eigenvalue weighted by Crippen LogP contribution is -2.44. The number of hydrogen-bond donors (Lipinski definition) is 2. The molecule has 0 saturated heterocycles. The van der Waals surface area contributed by atoms with E-state index in [2.05, 4.69) is 10.3 Å². The van der Waals surface area contributed by atoms with Crippen molar-refractivity contribution in [3.8, 4) is 0 Å². The minimum atomic E-state index is -1.16. The number of thiazole rings is 1. The van der Waals surface area contributed by atoms with Gasteiger partial charge in [0.1, 0.15) is 16.0 Å². The van der Waals surface area contributed by atoms with Crippen LogP contribution in [0.1, 0.15) is 25.8 Å². The van der Waals surface area contributed by atoms with Gasteiger partial charge in [-0.1, -0.05) is 11.6 Å². The van der Waals surface area contributed by atoms with Crippen molar-refractivity contribution in [1.82, 2.24) is 10.3 Å². The zero-order chi connectivity index (χ0) is 14.6. The van der Waals surface area contributed by atoms with Gasteiger partial charge in [-0.05, 0) is 20.8 Å². The Bertz CT molecular complexity index is 470. The van der Waals surface area contributed by atoms with Crippen LogP contribution in [0, 0.1) is 0 Å². The lowest BCUT2D eigenvalue weighted by atomic mass is 10.2. The molecule has 0 aliphatic rings. The monoisotopic (exact) mass is 306 g/mol. The Balaban J connectivity index is 2.63. The van der Waals surface area contributed by atoms with Crippen LogP contribution in [0.25, 0.3) is 0 Å². The van der Waals surface area contributed by atoms with Gasteiger partial charge in [0, 0.05) is 6.42 Å². The normalized spacial score (nSPS) is 12.8. The molecular weight excluding hydrogens is 292 g/mol. The Kier molecular flexibility index (Phi) is 5.13. The van der Waals surface area contributed by atoms with Crippen LogP contribution < -0.4 is 5.32 Å². The van der Waals surface area contributed by atoms with Gasteiger partial charge in [0.2, 0.25) is 0 Å². The fourth-order valence-corrected chi connectivity index (χ4v) is 2.21. The number of carbonyl (C=O) groups excluding carboxylic acids is 1. The standard InChI is InChI=1S/C11H15ClN2O4S/c1-11(2,3)18-10(17)14-6(9(15)16)4-8-13-5-7(12)19-8/h5-6H,4H2,1-3H3,(H,14,17)(H,15,16). The molecule has 2 N–H and O–H groups in total. The van der Waals surface area contributed by atoms with Gasteiger partial charge in [-0.3, -0.25) is 0 Å². The molecule has 0 aromatic carbocycles.